The van der Waals surface area contributed by atoms with Crippen molar-refractivity contribution < 1.29 is 9.90 Å². The number of aliphatic carboxylic acids is 1. The molecule has 0 aliphatic carbocycles. The predicted molar refractivity (Wildman–Crippen MR) is 53.3 cm³/mol. The molecule has 3 heterocycles. The van der Waals surface area contributed by atoms with E-state index in [-0.39, 0.29) is 6.54 Å². The van der Waals surface area contributed by atoms with Gasteiger partial charge in [-0.3, -0.25) is 14.6 Å². The van der Waals surface area contributed by atoms with Gasteiger partial charge in [0.15, 0.2) is 0 Å². The Hall–Kier alpha value is -0.610. The minimum absolute atomic E-state index is 0.211. The minimum Gasteiger partial charge on any atom is -0.480 e. The van der Waals surface area contributed by atoms with Gasteiger partial charge in [0.05, 0.1) is 6.54 Å². The van der Waals surface area contributed by atoms with Crippen LogP contribution in [0.5, 0.6) is 0 Å². The van der Waals surface area contributed by atoms with Gasteiger partial charge in [-0.25, -0.2) is 0 Å². The summed E-state index contributed by atoms with van der Waals surface area (Å²) in [5.74, 6) is -0.697. The standard InChI is InChI=1S/C10H18N2O2/c1-8-6-12(7-10(13)14)9-2-4-11(8)5-3-9/h8-9H,2-7H2,1H3,(H,13,14). The van der Waals surface area contributed by atoms with Crippen molar-refractivity contribution >= 4 is 5.97 Å². The molecule has 14 heavy (non-hydrogen) atoms. The molecular weight excluding hydrogens is 180 g/mol. The van der Waals surface area contributed by atoms with Crippen molar-refractivity contribution in [3.8, 4) is 0 Å². The Morgan fingerprint density at radius 2 is 2.07 bits per heavy atom. The molecule has 1 N–H and O–H groups in total. The van der Waals surface area contributed by atoms with Gasteiger partial charge in [-0.05, 0) is 32.9 Å². The van der Waals surface area contributed by atoms with Gasteiger partial charge >= 0.3 is 5.97 Å². The number of carboxylic acid groups (broad SMARTS) is 1. The molecule has 1 unspecified atom stereocenters. The monoisotopic (exact) mass is 198 g/mol. The number of nitrogens with zero attached hydrogens (tertiary/aromatic N) is 2. The molecule has 0 aromatic carbocycles. The van der Waals surface area contributed by atoms with E-state index in [0.29, 0.717) is 12.1 Å². The third kappa shape index (κ3) is 1.91. The highest BCUT2D eigenvalue weighted by atomic mass is 16.4. The Morgan fingerprint density at radius 1 is 1.43 bits per heavy atom. The summed E-state index contributed by atoms with van der Waals surface area (Å²) in [6, 6.07) is 1.02. The Morgan fingerprint density at radius 3 is 2.64 bits per heavy atom. The summed E-state index contributed by atoms with van der Waals surface area (Å²) in [7, 11) is 0. The third-order valence-corrected chi connectivity index (χ3v) is 3.48. The Labute approximate surface area is 84.5 Å². The van der Waals surface area contributed by atoms with Gasteiger partial charge in [-0.2, -0.15) is 0 Å². The van der Waals surface area contributed by atoms with E-state index in [1.165, 1.54) is 0 Å². The number of rotatable bonds is 2. The summed E-state index contributed by atoms with van der Waals surface area (Å²) in [6.07, 6.45) is 2.27. The number of fused-ring (bicyclic) bond motifs is 4. The van der Waals surface area contributed by atoms with Gasteiger partial charge in [0.25, 0.3) is 0 Å². The zero-order valence-electron chi connectivity index (χ0n) is 8.65. The van der Waals surface area contributed by atoms with Crippen LogP contribution in [-0.4, -0.2) is 59.1 Å². The van der Waals surface area contributed by atoms with Crippen LogP contribution in [0.2, 0.25) is 0 Å². The molecule has 3 fully saturated rings. The molecule has 0 saturated carbocycles. The highest BCUT2D eigenvalue weighted by Crippen LogP contribution is 2.23. The first-order valence-corrected chi connectivity index (χ1v) is 5.36. The van der Waals surface area contributed by atoms with E-state index in [9.17, 15) is 4.79 Å². The van der Waals surface area contributed by atoms with Crippen molar-refractivity contribution in [2.24, 2.45) is 0 Å². The maximum Gasteiger partial charge on any atom is 0.317 e. The van der Waals surface area contributed by atoms with E-state index >= 15 is 0 Å². The quantitative estimate of drug-likeness (QED) is 0.690. The number of hydrogen-bond acceptors (Lipinski definition) is 3. The summed E-state index contributed by atoms with van der Waals surface area (Å²) in [4.78, 5) is 15.3. The van der Waals surface area contributed by atoms with Crippen LogP contribution in [0.25, 0.3) is 0 Å². The van der Waals surface area contributed by atoms with Crippen molar-refractivity contribution in [1.29, 1.82) is 0 Å². The average Bonchev–Trinajstić information content (AvgIpc) is 2.36. The van der Waals surface area contributed by atoms with Crippen molar-refractivity contribution in [2.75, 3.05) is 26.2 Å². The molecule has 3 saturated heterocycles. The van der Waals surface area contributed by atoms with Crippen LogP contribution < -0.4 is 0 Å². The molecule has 4 heteroatoms. The fourth-order valence-corrected chi connectivity index (χ4v) is 2.66. The van der Waals surface area contributed by atoms with Crippen molar-refractivity contribution in [3.05, 3.63) is 0 Å². The minimum atomic E-state index is -0.697. The van der Waals surface area contributed by atoms with Crippen molar-refractivity contribution in [2.45, 2.75) is 31.8 Å². The molecule has 80 valence electrons. The van der Waals surface area contributed by atoms with Gasteiger partial charge in [-0.15, -0.1) is 0 Å². The lowest BCUT2D eigenvalue weighted by atomic mass is 10.1. The molecule has 0 spiro atoms. The third-order valence-electron chi connectivity index (χ3n) is 3.48. The fraction of sp³-hybridized carbons (Fsp3) is 0.900. The summed E-state index contributed by atoms with van der Waals surface area (Å²) < 4.78 is 0. The second-order valence-electron chi connectivity index (χ2n) is 4.44. The van der Waals surface area contributed by atoms with E-state index in [1.54, 1.807) is 0 Å². The highest BCUT2D eigenvalue weighted by molar-refractivity contribution is 5.69. The Balaban J connectivity index is 2.05. The molecule has 0 aromatic rings. The zero-order valence-corrected chi connectivity index (χ0v) is 8.65. The topological polar surface area (TPSA) is 43.8 Å². The van der Waals surface area contributed by atoms with Crippen molar-refractivity contribution in [3.63, 3.8) is 0 Å². The lowest BCUT2D eigenvalue weighted by Gasteiger charge is -2.30. The lowest BCUT2D eigenvalue weighted by molar-refractivity contribution is -0.138. The fourth-order valence-electron chi connectivity index (χ4n) is 2.66. The number of piperidine rings is 1. The molecule has 4 nitrogen and oxygen atoms in total. The maximum absolute atomic E-state index is 10.7. The average molecular weight is 198 g/mol. The van der Waals surface area contributed by atoms with Gasteiger partial charge in [0.2, 0.25) is 0 Å². The highest BCUT2D eigenvalue weighted by Gasteiger charge is 2.33. The second kappa shape index (κ2) is 3.87. The summed E-state index contributed by atoms with van der Waals surface area (Å²) in [5, 5.41) is 8.82. The summed E-state index contributed by atoms with van der Waals surface area (Å²) in [5.41, 5.74) is 0. The smallest absolute Gasteiger partial charge is 0.317 e. The number of carbonyl (C=O) groups is 1. The first-order chi connectivity index (χ1) is 6.66. The van der Waals surface area contributed by atoms with E-state index in [0.717, 1.165) is 32.5 Å². The Kier molecular flexibility index (Phi) is 2.74. The van der Waals surface area contributed by atoms with E-state index < -0.39 is 5.97 Å². The molecule has 3 aliphatic heterocycles. The van der Waals surface area contributed by atoms with Gasteiger partial charge in [0.1, 0.15) is 0 Å². The first kappa shape index (κ1) is 9.93. The molecule has 0 radical (unpaired) electrons. The number of hydrogen-bond donors (Lipinski definition) is 1. The molecule has 1 atom stereocenters. The molecular formula is C10H18N2O2. The van der Waals surface area contributed by atoms with Crippen LogP contribution in [0.1, 0.15) is 19.8 Å². The van der Waals surface area contributed by atoms with Crippen LogP contribution >= 0.6 is 0 Å². The van der Waals surface area contributed by atoms with Gasteiger partial charge < -0.3 is 5.11 Å². The maximum atomic E-state index is 10.7. The van der Waals surface area contributed by atoms with Crippen molar-refractivity contribution in [1.82, 2.24) is 9.80 Å². The normalized spacial score (nSPS) is 38.2. The Bertz CT molecular complexity index is 224. The van der Waals surface area contributed by atoms with Gasteiger partial charge in [-0.1, -0.05) is 0 Å². The molecule has 0 aromatic heterocycles. The largest absolute Gasteiger partial charge is 0.480 e. The molecule has 0 amide bonds. The first-order valence-electron chi connectivity index (χ1n) is 5.36. The van der Waals surface area contributed by atoms with Crippen LogP contribution in [0.3, 0.4) is 0 Å². The van der Waals surface area contributed by atoms with Gasteiger partial charge in [0, 0.05) is 18.6 Å². The van der Waals surface area contributed by atoms with E-state index in [1.807, 2.05) is 0 Å². The summed E-state index contributed by atoms with van der Waals surface area (Å²) >= 11 is 0. The lowest BCUT2D eigenvalue weighted by Crippen LogP contribution is -2.40. The van der Waals surface area contributed by atoms with E-state index in [2.05, 4.69) is 16.7 Å². The zero-order chi connectivity index (χ0) is 10.1. The van der Waals surface area contributed by atoms with Crippen LogP contribution in [-0.2, 0) is 4.79 Å². The van der Waals surface area contributed by atoms with Crippen LogP contribution in [0.15, 0.2) is 0 Å². The van der Waals surface area contributed by atoms with E-state index in [4.69, 9.17) is 5.11 Å². The molecule has 3 rings (SSSR count). The van der Waals surface area contributed by atoms with Crippen LogP contribution in [0.4, 0.5) is 0 Å². The SMILES string of the molecule is CC1CN(CC(=O)O)C2CCN1CC2. The predicted octanol–water partition coefficient (Wildman–Crippen LogP) is 0.240. The van der Waals surface area contributed by atoms with Crippen LogP contribution in [0, 0.1) is 0 Å². The molecule has 2 bridgehead atoms. The summed E-state index contributed by atoms with van der Waals surface area (Å²) in [6.45, 7) is 5.60. The second-order valence-corrected chi connectivity index (χ2v) is 4.44. The molecule has 3 aliphatic rings. The number of carboxylic acids is 1.